The molecule has 0 bridgehead atoms. The number of nitrogens with two attached hydrogens (primary N) is 1. The first kappa shape index (κ1) is 13.8. The first-order valence-electron chi connectivity index (χ1n) is 7.07. The van der Waals surface area contributed by atoms with Crippen molar-refractivity contribution in [3.8, 4) is 0 Å². The zero-order valence-electron chi connectivity index (χ0n) is 11.6. The molecule has 2 rings (SSSR count). The zero-order valence-corrected chi connectivity index (χ0v) is 11.6. The molecule has 1 saturated carbocycles. The Balaban J connectivity index is 1.94. The van der Waals surface area contributed by atoms with Crippen LogP contribution in [0.4, 0.5) is 0 Å². The molecule has 0 aromatic carbocycles. The van der Waals surface area contributed by atoms with Crippen molar-refractivity contribution >= 4 is 5.91 Å². The first-order chi connectivity index (χ1) is 8.46. The van der Waals surface area contributed by atoms with Crippen molar-refractivity contribution in [2.45, 2.75) is 52.0 Å². The Hall–Kier alpha value is -0.610. The van der Waals surface area contributed by atoms with E-state index in [1.54, 1.807) is 0 Å². The van der Waals surface area contributed by atoms with Gasteiger partial charge < -0.3 is 15.8 Å². The van der Waals surface area contributed by atoms with Gasteiger partial charge >= 0.3 is 0 Å². The van der Waals surface area contributed by atoms with Crippen molar-refractivity contribution in [1.82, 2.24) is 5.32 Å². The van der Waals surface area contributed by atoms with E-state index in [1.165, 1.54) is 19.3 Å². The minimum Gasteiger partial charge on any atom is -0.381 e. The van der Waals surface area contributed by atoms with E-state index in [0.29, 0.717) is 18.0 Å². The molecule has 1 aliphatic heterocycles. The highest BCUT2D eigenvalue weighted by molar-refractivity contribution is 5.80. The van der Waals surface area contributed by atoms with Gasteiger partial charge in [-0.15, -0.1) is 0 Å². The van der Waals surface area contributed by atoms with Crippen molar-refractivity contribution in [1.29, 1.82) is 0 Å². The summed E-state index contributed by atoms with van der Waals surface area (Å²) in [5.74, 6) is -0.228. The van der Waals surface area contributed by atoms with Gasteiger partial charge in [-0.2, -0.15) is 0 Å². The number of ether oxygens (including phenoxy) is 1. The van der Waals surface area contributed by atoms with Crippen LogP contribution in [0.2, 0.25) is 0 Å². The fraction of sp³-hybridized carbons (Fsp3) is 0.929. The normalized spacial score (nSPS) is 27.6. The molecule has 3 N–H and O–H groups in total. The second-order valence-electron chi connectivity index (χ2n) is 6.55. The summed E-state index contributed by atoms with van der Waals surface area (Å²) in [6.45, 7) is 6.27. The predicted octanol–water partition coefficient (Wildman–Crippen LogP) is 1.44. The molecule has 0 aromatic heterocycles. The van der Waals surface area contributed by atoms with Crippen LogP contribution in [0, 0.1) is 10.8 Å². The number of rotatable bonds is 4. The Morgan fingerprint density at radius 2 is 2.06 bits per heavy atom. The molecule has 1 unspecified atom stereocenters. The summed E-state index contributed by atoms with van der Waals surface area (Å²) in [5, 5.41) is 3.61. The number of carbonyl (C=O) groups is 1. The van der Waals surface area contributed by atoms with Crippen LogP contribution in [0.15, 0.2) is 0 Å². The average molecular weight is 254 g/mol. The summed E-state index contributed by atoms with van der Waals surface area (Å²) in [6.07, 6.45) is 6.11. The summed E-state index contributed by atoms with van der Waals surface area (Å²) >= 11 is 0. The largest absolute Gasteiger partial charge is 0.381 e. The van der Waals surface area contributed by atoms with Gasteiger partial charge in [0, 0.05) is 25.8 Å². The maximum absolute atomic E-state index is 11.4. The third-order valence-corrected chi connectivity index (χ3v) is 4.85. The Kier molecular flexibility index (Phi) is 3.97. The number of amides is 1. The fourth-order valence-electron chi connectivity index (χ4n) is 3.30. The molecule has 1 saturated heterocycles. The van der Waals surface area contributed by atoms with Gasteiger partial charge in [0.05, 0.1) is 5.41 Å². The lowest BCUT2D eigenvalue weighted by Crippen LogP contribution is -2.49. The third-order valence-electron chi connectivity index (χ3n) is 4.85. The number of primary amides is 1. The fourth-order valence-corrected chi connectivity index (χ4v) is 3.30. The van der Waals surface area contributed by atoms with Crippen molar-refractivity contribution in [2.24, 2.45) is 16.6 Å². The molecule has 0 aromatic rings. The number of nitrogens with one attached hydrogen (secondary N) is 1. The number of hydrogen-bond acceptors (Lipinski definition) is 3. The molecule has 1 spiro atoms. The first-order valence-corrected chi connectivity index (χ1v) is 7.07. The van der Waals surface area contributed by atoms with E-state index in [9.17, 15) is 4.79 Å². The Morgan fingerprint density at radius 1 is 1.39 bits per heavy atom. The Morgan fingerprint density at radius 3 is 2.67 bits per heavy atom. The van der Waals surface area contributed by atoms with Crippen molar-refractivity contribution < 1.29 is 9.53 Å². The van der Waals surface area contributed by atoms with Gasteiger partial charge in [-0.05, 0) is 44.9 Å². The number of hydrogen-bond donors (Lipinski definition) is 2. The highest BCUT2D eigenvalue weighted by atomic mass is 16.5. The van der Waals surface area contributed by atoms with E-state index in [4.69, 9.17) is 10.5 Å². The summed E-state index contributed by atoms with van der Waals surface area (Å²) in [4.78, 5) is 11.4. The maximum atomic E-state index is 11.4. The van der Waals surface area contributed by atoms with E-state index in [2.05, 4.69) is 5.32 Å². The molecule has 1 atom stereocenters. The average Bonchev–Trinajstić information content (AvgIpc) is 2.70. The van der Waals surface area contributed by atoms with Crippen LogP contribution < -0.4 is 11.1 Å². The summed E-state index contributed by atoms with van der Waals surface area (Å²) < 4.78 is 5.49. The Bertz CT molecular complexity index is 309. The van der Waals surface area contributed by atoms with Crippen LogP contribution in [0.3, 0.4) is 0 Å². The van der Waals surface area contributed by atoms with Gasteiger partial charge in [0.15, 0.2) is 0 Å². The summed E-state index contributed by atoms with van der Waals surface area (Å²) in [7, 11) is 0. The molecular weight excluding hydrogens is 228 g/mol. The van der Waals surface area contributed by atoms with E-state index < -0.39 is 5.41 Å². The van der Waals surface area contributed by atoms with Gasteiger partial charge in [0.1, 0.15) is 0 Å². The maximum Gasteiger partial charge on any atom is 0.224 e. The van der Waals surface area contributed by atoms with Crippen molar-refractivity contribution in [3.63, 3.8) is 0 Å². The second-order valence-corrected chi connectivity index (χ2v) is 6.55. The minimum atomic E-state index is -0.463. The minimum absolute atomic E-state index is 0.228. The third kappa shape index (κ3) is 2.69. The van der Waals surface area contributed by atoms with E-state index in [1.807, 2.05) is 13.8 Å². The van der Waals surface area contributed by atoms with Crippen LogP contribution in [0.1, 0.15) is 46.0 Å². The van der Waals surface area contributed by atoms with Gasteiger partial charge in [-0.3, -0.25) is 4.79 Å². The quantitative estimate of drug-likeness (QED) is 0.798. The SMILES string of the molecule is CC(C)(CNC1CCCC12CCOCC2)C(N)=O. The molecule has 104 valence electrons. The van der Waals surface area contributed by atoms with Gasteiger partial charge in [-0.1, -0.05) is 6.42 Å². The van der Waals surface area contributed by atoms with E-state index in [-0.39, 0.29) is 5.91 Å². The molecular formula is C14H26N2O2. The summed E-state index contributed by atoms with van der Waals surface area (Å²) in [6, 6.07) is 0.528. The van der Waals surface area contributed by atoms with Crippen LogP contribution >= 0.6 is 0 Å². The smallest absolute Gasteiger partial charge is 0.224 e. The Labute approximate surface area is 110 Å². The molecule has 0 radical (unpaired) electrons. The lowest BCUT2D eigenvalue weighted by atomic mass is 9.75. The van der Waals surface area contributed by atoms with Crippen LogP contribution in [0.25, 0.3) is 0 Å². The van der Waals surface area contributed by atoms with E-state index >= 15 is 0 Å². The van der Waals surface area contributed by atoms with Crippen LogP contribution in [-0.2, 0) is 9.53 Å². The van der Waals surface area contributed by atoms with Gasteiger partial charge in [0.25, 0.3) is 0 Å². The molecule has 1 amide bonds. The molecule has 18 heavy (non-hydrogen) atoms. The van der Waals surface area contributed by atoms with Crippen molar-refractivity contribution in [3.05, 3.63) is 0 Å². The highest BCUT2D eigenvalue weighted by Gasteiger charge is 2.44. The predicted molar refractivity (Wildman–Crippen MR) is 71.1 cm³/mol. The van der Waals surface area contributed by atoms with Gasteiger partial charge in [-0.25, -0.2) is 0 Å². The number of carbonyl (C=O) groups excluding carboxylic acids is 1. The lowest BCUT2D eigenvalue weighted by Gasteiger charge is -2.40. The molecule has 1 heterocycles. The van der Waals surface area contributed by atoms with Crippen LogP contribution in [0.5, 0.6) is 0 Å². The molecule has 4 heteroatoms. The molecule has 2 aliphatic rings. The van der Waals surface area contributed by atoms with Crippen LogP contribution in [-0.4, -0.2) is 31.7 Å². The lowest BCUT2D eigenvalue weighted by molar-refractivity contribution is -0.126. The van der Waals surface area contributed by atoms with Crippen molar-refractivity contribution in [2.75, 3.05) is 19.8 Å². The molecule has 2 fully saturated rings. The second kappa shape index (κ2) is 5.17. The monoisotopic (exact) mass is 254 g/mol. The zero-order chi connectivity index (χ0) is 13.2. The van der Waals surface area contributed by atoms with Gasteiger partial charge in [0.2, 0.25) is 5.91 Å². The van der Waals surface area contributed by atoms with E-state index in [0.717, 1.165) is 26.1 Å². The topological polar surface area (TPSA) is 64.3 Å². The molecule has 1 aliphatic carbocycles. The summed E-state index contributed by atoms with van der Waals surface area (Å²) in [5.41, 5.74) is 5.37. The standard InChI is InChI=1S/C14H26N2O2/c1-13(2,12(15)17)10-16-11-4-3-5-14(11)6-8-18-9-7-14/h11,16H,3-10H2,1-2H3,(H2,15,17). The highest BCUT2D eigenvalue weighted by Crippen LogP contribution is 2.46. The molecule has 4 nitrogen and oxygen atoms in total.